The molecule has 1 radical (unpaired) electrons. The van der Waals surface area contributed by atoms with Crippen molar-refractivity contribution in [2.45, 2.75) is 99.8 Å². The van der Waals surface area contributed by atoms with Crippen LogP contribution in [0.2, 0.25) is 0 Å². The van der Waals surface area contributed by atoms with Gasteiger partial charge in [0.1, 0.15) is 0 Å². The van der Waals surface area contributed by atoms with E-state index in [0.29, 0.717) is 0 Å². The van der Waals surface area contributed by atoms with E-state index in [1.165, 1.54) is 22.4 Å². The largest absolute Gasteiger partial charge is 0.512 e. The van der Waals surface area contributed by atoms with Crippen LogP contribution in [0.1, 0.15) is 107 Å². The quantitative estimate of drug-likeness (QED) is 0.110. The molecule has 237 valence electrons. The number of allylic oxidation sites excluding steroid dienone is 2. The summed E-state index contributed by atoms with van der Waals surface area (Å²) in [7, 11) is 0. The molecule has 5 rings (SSSR count). The van der Waals surface area contributed by atoms with E-state index >= 15 is 0 Å². The predicted molar refractivity (Wildman–Crippen MR) is 183 cm³/mol. The van der Waals surface area contributed by atoms with Crippen LogP contribution in [0, 0.1) is 23.3 Å². The van der Waals surface area contributed by atoms with Gasteiger partial charge in [-0.2, -0.15) is 0 Å². The number of benzene rings is 3. The minimum Gasteiger partial charge on any atom is -0.512 e. The SMILES string of the molecule is CCC(CC)C(=O)/C=C(\O)C(CC)CC.[2H]C([2H])(c1cc2c3c(nccc3c1)-c1[c-]cc3ccccc3c1C2(C)C)C(C)(C)C.[Ir]. The molecule has 0 saturated carbocycles. The first kappa shape index (κ1) is 32.6. The van der Waals surface area contributed by atoms with Gasteiger partial charge in [-0.25, -0.2) is 0 Å². The zero-order valence-corrected chi connectivity index (χ0v) is 30.3. The molecular weight excluding hydrogens is 719 g/mol. The Morgan fingerprint density at radius 3 is 2.25 bits per heavy atom. The van der Waals surface area contributed by atoms with Gasteiger partial charge in [-0.15, -0.1) is 23.3 Å². The summed E-state index contributed by atoms with van der Waals surface area (Å²) in [6, 6.07) is 20.1. The van der Waals surface area contributed by atoms with E-state index in [1.807, 2.05) is 66.8 Å². The van der Waals surface area contributed by atoms with Gasteiger partial charge in [-0.05, 0) is 76.5 Å². The number of pyridine rings is 1. The van der Waals surface area contributed by atoms with E-state index in [2.05, 4.69) is 56.3 Å². The van der Waals surface area contributed by atoms with Crippen LogP contribution >= 0.6 is 0 Å². The summed E-state index contributed by atoms with van der Waals surface area (Å²) in [4.78, 5) is 16.5. The number of carbonyl (C=O) groups excluding carboxylic acids is 1. The second-order valence-corrected chi connectivity index (χ2v) is 13.4. The number of aliphatic hydroxyl groups is 1. The molecule has 4 heteroatoms. The molecule has 1 heterocycles. The molecule has 1 N–H and O–H groups in total. The second-order valence-electron chi connectivity index (χ2n) is 13.4. The van der Waals surface area contributed by atoms with Crippen LogP contribution in [0.5, 0.6) is 0 Å². The van der Waals surface area contributed by atoms with Crippen molar-refractivity contribution in [1.82, 2.24) is 4.98 Å². The van der Waals surface area contributed by atoms with Gasteiger partial charge in [0.15, 0.2) is 5.78 Å². The number of rotatable bonds is 8. The Balaban J connectivity index is 0.000000309. The average molecular weight is 771 g/mol. The van der Waals surface area contributed by atoms with E-state index in [4.69, 9.17) is 7.73 Å². The summed E-state index contributed by atoms with van der Waals surface area (Å²) in [5.74, 6) is 0.547. The molecule has 3 aromatic carbocycles. The number of fused-ring (bicyclic) bond motifs is 4. The van der Waals surface area contributed by atoms with Gasteiger partial charge in [0.05, 0.1) is 5.76 Å². The third-order valence-corrected chi connectivity index (χ3v) is 8.85. The van der Waals surface area contributed by atoms with Gasteiger partial charge in [0.2, 0.25) is 0 Å². The molecule has 0 atom stereocenters. The van der Waals surface area contributed by atoms with Crippen LogP contribution < -0.4 is 0 Å². The van der Waals surface area contributed by atoms with Crippen LogP contribution in [-0.4, -0.2) is 15.9 Å². The van der Waals surface area contributed by atoms with E-state index in [-0.39, 0.29) is 48.9 Å². The Morgan fingerprint density at radius 1 is 1.00 bits per heavy atom. The monoisotopic (exact) mass is 771 g/mol. The van der Waals surface area contributed by atoms with Crippen LogP contribution in [0.4, 0.5) is 0 Å². The Hall–Kier alpha value is -2.81. The van der Waals surface area contributed by atoms with Gasteiger partial charge in [-0.3, -0.25) is 4.79 Å². The summed E-state index contributed by atoms with van der Waals surface area (Å²) < 4.78 is 17.8. The van der Waals surface area contributed by atoms with E-state index in [0.717, 1.165) is 58.8 Å². The van der Waals surface area contributed by atoms with Crippen LogP contribution in [0.15, 0.2) is 66.6 Å². The first-order valence-corrected chi connectivity index (χ1v) is 16.0. The molecule has 44 heavy (non-hydrogen) atoms. The zero-order valence-electron chi connectivity index (χ0n) is 29.9. The molecule has 0 unspecified atom stereocenters. The Morgan fingerprint density at radius 2 is 1.64 bits per heavy atom. The molecule has 1 aromatic heterocycles. The standard InChI is InChI=1S/C27H26N.C13H24O2.Ir/c1-26(2,3)16-17-14-19-12-13-28-25-21-11-10-18-8-6-7-9-20(18)24(21)27(4,5)22(15-17)23(19)25;1-5-10(6-2)12(14)9-13(15)11(7-3)8-4;/h6-10,12-15H,16H2,1-5H3;9-11,14H,5-8H2,1-4H3;/q-1;;/b;12-9-;/i16D2;;. The molecule has 3 nitrogen and oxygen atoms in total. The molecular formula is C40H50IrNO2-. The normalized spacial score (nSPS) is 14.8. The van der Waals surface area contributed by atoms with E-state index < -0.39 is 11.8 Å². The number of nitrogens with zero attached hydrogens (tertiary/aromatic N) is 1. The van der Waals surface area contributed by atoms with E-state index in [1.54, 1.807) is 0 Å². The summed E-state index contributed by atoms with van der Waals surface area (Å²) in [5.41, 5.74) is 4.29. The van der Waals surface area contributed by atoms with Crippen LogP contribution in [0.25, 0.3) is 32.8 Å². The number of aliphatic hydroxyl groups excluding tert-OH is 1. The fourth-order valence-corrected chi connectivity index (χ4v) is 6.46. The number of carbonyl (C=O) groups is 1. The maximum absolute atomic E-state index is 11.7. The summed E-state index contributed by atoms with van der Waals surface area (Å²) in [5, 5.41) is 14.3. The van der Waals surface area contributed by atoms with Crippen molar-refractivity contribution in [3.8, 4) is 11.3 Å². The third-order valence-electron chi connectivity index (χ3n) is 8.85. The van der Waals surface area contributed by atoms with Gasteiger partial charge in [0, 0.05) is 47.0 Å². The van der Waals surface area contributed by atoms with Crippen molar-refractivity contribution in [2.75, 3.05) is 0 Å². The van der Waals surface area contributed by atoms with Crippen molar-refractivity contribution < 1.29 is 32.7 Å². The summed E-state index contributed by atoms with van der Waals surface area (Å²) >= 11 is 0. The minimum atomic E-state index is -1.46. The first-order chi connectivity index (χ1) is 21.1. The molecule has 1 aliphatic carbocycles. The molecule has 0 spiro atoms. The van der Waals surface area contributed by atoms with Crippen molar-refractivity contribution in [1.29, 1.82) is 0 Å². The summed E-state index contributed by atoms with van der Waals surface area (Å²) in [6.45, 7) is 18.4. The number of aromatic nitrogens is 1. The topological polar surface area (TPSA) is 50.2 Å². The fourth-order valence-electron chi connectivity index (χ4n) is 6.46. The van der Waals surface area contributed by atoms with Crippen LogP contribution in [-0.2, 0) is 36.7 Å². The van der Waals surface area contributed by atoms with Gasteiger partial charge >= 0.3 is 0 Å². The van der Waals surface area contributed by atoms with Crippen molar-refractivity contribution in [3.05, 3.63) is 89.3 Å². The van der Waals surface area contributed by atoms with Crippen molar-refractivity contribution >= 4 is 27.3 Å². The Bertz CT molecular complexity index is 1730. The molecule has 4 aromatic rings. The van der Waals surface area contributed by atoms with Gasteiger partial charge in [0.25, 0.3) is 0 Å². The van der Waals surface area contributed by atoms with Crippen LogP contribution in [0.3, 0.4) is 0 Å². The average Bonchev–Trinajstić information content (AvgIpc) is 3.00. The predicted octanol–water partition coefficient (Wildman–Crippen LogP) is 11.0. The smallest absolute Gasteiger partial charge is 0.162 e. The summed E-state index contributed by atoms with van der Waals surface area (Å²) in [6.07, 6.45) is 5.29. The van der Waals surface area contributed by atoms with Gasteiger partial charge < -0.3 is 10.1 Å². The number of hydrogen-bond acceptors (Lipinski definition) is 3. The van der Waals surface area contributed by atoms with Gasteiger partial charge in [-0.1, -0.05) is 109 Å². The molecule has 1 aliphatic rings. The second kappa shape index (κ2) is 14.5. The maximum Gasteiger partial charge on any atom is 0.162 e. The molecule has 0 aliphatic heterocycles. The molecule has 0 amide bonds. The third kappa shape index (κ3) is 7.35. The fraction of sp³-hybridized carbons (Fsp3) is 0.450. The number of hydrogen-bond donors (Lipinski definition) is 1. The molecule has 0 fully saturated rings. The van der Waals surface area contributed by atoms with Crippen molar-refractivity contribution in [2.24, 2.45) is 17.3 Å². The maximum atomic E-state index is 11.7. The minimum absolute atomic E-state index is 0. The first-order valence-electron chi connectivity index (χ1n) is 17.0. The van der Waals surface area contributed by atoms with Crippen molar-refractivity contribution in [3.63, 3.8) is 0 Å². The Labute approximate surface area is 281 Å². The van der Waals surface area contributed by atoms with E-state index in [9.17, 15) is 9.90 Å². The number of ketones is 1. The zero-order chi connectivity index (χ0) is 33.3. The molecule has 0 saturated heterocycles. The molecule has 0 bridgehead atoms. The Kier molecular flexibility index (Phi) is 10.8.